The van der Waals surface area contributed by atoms with Gasteiger partial charge in [0, 0.05) is 5.39 Å². The molecule has 0 saturated heterocycles. The van der Waals surface area contributed by atoms with Gasteiger partial charge in [0.25, 0.3) is 16.0 Å². The number of azo groups is 1. The minimum Gasteiger partial charge on any atom is -0.505 e. The van der Waals surface area contributed by atoms with Gasteiger partial charge < -0.3 is 15.2 Å². The Hall–Kier alpha value is -3.70. The highest BCUT2D eigenvalue weighted by Crippen LogP contribution is 2.42. The number of amides is 1. The smallest absolute Gasteiger partial charge is 0.296 e. The number of rotatable bonds is 8. The molecule has 0 saturated carbocycles. The summed E-state index contributed by atoms with van der Waals surface area (Å²) in [5.41, 5.74) is 0.321. The van der Waals surface area contributed by atoms with Crippen molar-refractivity contribution in [3.63, 3.8) is 0 Å². The number of hydrogen-bond donors (Lipinski definition) is 3. The summed E-state index contributed by atoms with van der Waals surface area (Å²) >= 11 is 12.6. The van der Waals surface area contributed by atoms with Crippen LogP contribution in [0.3, 0.4) is 0 Å². The number of ether oxygens (including phenoxy) is 1. The van der Waals surface area contributed by atoms with Crippen LogP contribution in [0.5, 0.6) is 11.5 Å². The Kier molecular flexibility index (Phi) is 8.41. The molecule has 39 heavy (non-hydrogen) atoms. The third-order valence-corrected chi connectivity index (χ3v) is 7.60. The van der Waals surface area contributed by atoms with Crippen molar-refractivity contribution < 1.29 is 27.6 Å². The number of fused-ring (bicyclic) bond motifs is 1. The van der Waals surface area contributed by atoms with Crippen LogP contribution in [0.4, 0.5) is 17.1 Å². The van der Waals surface area contributed by atoms with Crippen molar-refractivity contribution in [1.29, 1.82) is 0 Å². The Morgan fingerprint density at radius 1 is 1.03 bits per heavy atom. The average molecular weight is 588 g/mol. The van der Waals surface area contributed by atoms with E-state index in [0.717, 1.165) is 0 Å². The molecule has 0 radical (unpaired) electrons. The molecule has 4 aromatic carbocycles. The van der Waals surface area contributed by atoms with Crippen LogP contribution in [-0.4, -0.2) is 30.6 Å². The number of carbonyl (C=O) groups excluding carboxylic acids is 1. The Bertz CT molecular complexity index is 1720. The van der Waals surface area contributed by atoms with E-state index >= 15 is 0 Å². The van der Waals surface area contributed by atoms with Crippen LogP contribution in [0.15, 0.2) is 75.8 Å². The zero-order chi connectivity index (χ0) is 28.3. The molecule has 0 heterocycles. The van der Waals surface area contributed by atoms with Crippen LogP contribution < -0.4 is 10.1 Å². The Morgan fingerprint density at radius 3 is 2.46 bits per heavy atom. The van der Waals surface area contributed by atoms with Crippen molar-refractivity contribution >= 4 is 67.1 Å². The molecule has 12 heteroatoms. The summed E-state index contributed by atoms with van der Waals surface area (Å²) in [5.74, 6) is -0.794. The third-order valence-electron chi connectivity index (χ3n) is 5.81. The van der Waals surface area contributed by atoms with E-state index in [-0.39, 0.29) is 32.7 Å². The first-order chi connectivity index (χ1) is 18.6. The van der Waals surface area contributed by atoms with Crippen LogP contribution >= 0.6 is 23.2 Å². The van der Waals surface area contributed by atoms with Gasteiger partial charge in [-0.1, -0.05) is 66.5 Å². The van der Waals surface area contributed by atoms with Crippen LogP contribution in [0.2, 0.25) is 10.0 Å². The molecule has 3 N–H and O–H groups in total. The number of carbonyl (C=O) groups is 1. The highest BCUT2D eigenvalue weighted by atomic mass is 35.5. The number of anilines is 1. The molecule has 0 bridgehead atoms. The second-order valence-corrected chi connectivity index (χ2v) is 10.4. The Balaban J connectivity index is 1.82. The zero-order valence-corrected chi connectivity index (χ0v) is 23.1. The second kappa shape index (κ2) is 11.6. The van der Waals surface area contributed by atoms with E-state index in [1.54, 1.807) is 56.3 Å². The highest BCUT2D eigenvalue weighted by molar-refractivity contribution is 7.86. The molecular formula is C27H23Cl2N3O6S. The summed E-state index contributed by atoms with van der Waals surface area (Å²) in [6.45, 7) is 3.85. The molecule has 4 aromatic rings. The maximum Gasteiger partial charge on any atom is 0.296 e. The van der Waals surface area contributed by atoms with Gasteiger partial charge in [-0.05, 0) is 48.6 Å². The summed E-state index contributed by atoms with van der Waals surface area (Å²) in [6, 6.07) is 16.2. The number of para-hydroxylation sites is 1. The molecule has 0 fully saturated rings. The first-order valence-electron chi connectivity index (χ1n) is 11.7. The number of nitrogens with one attached hydrogen (secondary N) is 1. The van der Waals surface area contributed by atoms with Crippen LogP contribution in [0.1, 0.15) is 29.8 Å². The predicted octanol–water partition coefficient (Wildman–Crippen LogP) is 7.73. The zero-order valence-electron chi connectivity index (χ0n) is 20.8. The number of hydrogen-bond acceptors (Lipinski definition) is 7. The van der Waals surface area contributed by atoms with Gasteiger partial charge in [0.05, 0.1) is 22.2 Å². The van der Waals surface area contributed by atoms with E-state index in [4.69, 9.17) is 27.9 Å². The van der Waals surface area contributed by atoms with E-state index < -0.39 is 26.7 Å². The van der Waals surface area contributed by atoms with Gasteiger partial charge in [-0.2, -0.15) is 8.42 Å². The van der Waals surface area contributed by atoms with Crippen LogP contribution in [0.25, 0.3) is 10.8 Å². The van der Waals surface area contributed by atoms with E-state index in [1.807, 2.05) is 0 Å². The lowest BCUT2D eigenvalue weighted by Gasteiger charge is -2.15. The molecule has 0 atom stereocenters. The first-order valence-corrected chi connectivity index (χ1v) is 13.9. The minimum atomic E-state index is -4.64. The molecular weight excluding hydrogens is 565 g/mol. The van der Waals surface area contributed by atoms with Gasteiger partial charge in [0.15, 0.2) is 5.75 Å². The predicted molar refractivity (Wildman–Crippen MR) is 151 cm³/mol. The molecule has 202 valence electrons. The van der Waals surface area contributed by atoms with Crippen molar-refractivity contribution in [2.45, 2.75) is 25.2 Å². The molecule has 0 spiro atoms. The first kappa shape index (κ1) is 28.3. The quantitative estimate of drug-likeness (QED) is 0.142. The second-order valence-electron chi connectivity index (χ2n) is 8.26. The van der Waals surface area contributed by atoms with E-state index in [0.29, 0.717) is 35.1 Å². The number of aromatic hydroxyl groups is 1. The summed E-state index contributed by atoms with van der Waals surface area (Å²) in [5, 5.41) is 23.0. The molecule has 0 aliphatic carbocycles. The lowest BCUT2D eigenvalue weighted by molar-refractivity contribution is 0.102. The lowest BCUT2D eigenvalue weighted by atomic mass is 10.0. The summed E-state index contributed by atoms with van der Waals surface area (Å²) in [6.07, 6.45) is 0.297. The molecule has 1 amide bonds. The third kappa shape index (κ3) is 5.84. The fourth-order valence-corrected chi connectivity index (χ4v) is 5.60. The molecule has 0 unspecified atom stereocenters. The summed E-state index contributed by atoms with van der Waals surface area (Å²) in [4.78, 5) is 12.9. The number of nitrogens with zero attached hydrogens (tertiary/aromatic N) is 2. The van der Waals surface area contributed by atoms with Gasteiger partial charge in [-0.15, -0.1) is 10.2 Å². The molecule has 4 rings (SSSR count). The van der Waals surface area contributed by atoms with E-state index in [1.165, 1.54) is 18.2 Å². The van der Waals surface area contributed by atoms with Crippen molar-refractivity contribution in [3.05, 3.63) is 81.8 Å². The fraction of sp³-hybridized carbons (Fsp3) is 0.148. The monoisotopic (exact) mass is 587 g/mol. The van der Waals surface area contributed by atoms with Gasteiger partial charge in [0.2, 0.25) is 0 Å². The normalized spacial score (nSPS) is 11.7. The van der Waals surface area contributed by atoms with E-state index in [9.17, 15) is 22.9 Å². The Labute approximate surface area is 234 Å². The summed E-state index contributed by atoms with van der Waals surface area (Å²) in [7, 11) is -4.64. The highest BCUT2D eigenvalue weighted by Gasteiger charge is 2.23. The van der Waals surface area contributed by atoms with Gasteiger partial charge in [-0.25, -0.2) is 0 Å². The number of phenols is 1. The maximum absolute atomic E-state index is 13.3. The van der Waals surface area contributed by atoms with Crippen molar-refractivity contribution in [2.24, 2.45) is 10.2 Å². The topological polar surface area (TPSA) is 138 Å². The molecule has 9 nitrogen and oxygen atoms in total. The molecule has 0 aliphatic heterocycles. The van der Waals surface area contributed by atoms with Crippen molar-refractivity contribution in [3.8, 4) is 11.5 Å². The van der Waals surface area contributed by atoms with Crippen molar-refractivity contribution in [1.82, 2.24) is 0 Å². The van der Waals surface area contributed by atoms with Gasteiger partial charge in [-0.3, -0.25) is 9.35 Å². The maximum atomic E-state index is 13.3. The number of phenolic OH excluding ortho intramolecular Hbond substituents is 1. The average Bonchev–Trinajstić information content (AvgIpc) is 2.89. The van der Waals surface area contributed by atoms with Crippen molar-refractivity contribution in [2.75, 3.05) is 11.9 Å². The molecule has 0 aliphatic rings. The lowest BCUT2D eigenvalue weighted by Crippen LogP contribution is -2.14. The van der Waals surface area contributed by atoms with Gasteiger partial charge in [0.1, 0.15) is 27.7 Å². The van der Waals surface area contributed by atoms with E-state index in [2.05, 4.69) is 15.5 Å². The van der Waals surface area contributed by atoms with Crippen LogP contribution in [-0.2, 0) is 16.5 Å². The standard InChI is InChI=1S/C27H23Cl2N3O6S/c1-3-15-12-13-20(22(29)26(15)39(35,36)37)31-32-23-17-9-6-5-8-16(17)14-18(25(23)33)27(34)30-24-19(28)10-7-11-21(24)38-4-2/h5-14,33H,3-4H2,1-2H3,(H,30,34)(H,35,36,37). The van der Waals surface area contributed by atoms with Gasteiger partial charge >= 0.3 is 0 Å². The number of benzene rings is 4. The molecule has 0 aromatic heterocycles. The number of aryl methyl sites for hydroxylation is 1. The summed E-state index contributed by atoms with van der Waals surface area (Å²) < 4.78 is 39.1. The Morgan fingerprint density at radius 2 is 1.77 bits per heavy atom. The minimum absolute atomic E-state index is 0.0496. The number of halogens is 2. The fourth-order valence-electron chi connectivity index (χ4n) is 4.00. The SMILES string of the molecule is CCOc1cccc(Cl)c1NC(=O)c1cc2ccccc2c(N=Nc2ccc(CC)c(S(=O)(=O)O)c2Cl)c1O. The largest absolute Gasteiger partial charge is 0.505 e. The van der Waals surface area contributed by atoms with Crippen LogP contribution in [0, 0.1) is 0 Å².